The number of esters is 1. The Balaban J connectivity index is 1.55. The van der Waals surface area contributed by atoms with Gasteiger partial charge in [-0.05, 0) is 78.4 Å². The van der Waals surface area contributed by atoms with Gasteiger partial charge in [0.1, 0.15) is 11.9 Å². The molecule has 3 aromatic carbocycles. The van der Waals surface area contributed by atoms with Gasteiger partial charge in [0, 0.05) is 48.2 Å². The van der Waals surface area contributed by atoms with Gasteiger partial charge in [0.15, 0.2) is 0 Å². The molecule has 1 amide bonds. The summed E-state index contributed by atoms with van der Waals surface area (Å²) in [6, 6.07) is 27.0. The van der Waals surface area contributed by atoms with E-state index in [1.54, 1.807) is 24.4 Å². The van der Waals surface area contributed by atoms with Crippen molar-refractivity contribution < 1.29 is 18.7 Å². The number of rotatable bonds is 10. The van der Waals surface area contributed by atoms with Gasteiger partial charge >= 0.3 is 5.97 Å². The molecule has 0 saturated carbocycles. The van der Waals surface area contributed by atoms with Gasteiger partial charge in [-0.25, -0.2) is 14.4 Å². The largest absolute Gasteiger partial charge is 0.462 e. The van der Waals surface area contributed by atoms with Crippen LogP contribution < -0.4 is 10.6 Å². The minimum Gasteiger partial charge on any atom is -0.462 e. The Morgan fingerprint density at radius 1 is 0.979 bits per heavy atom. The molecule has 1 aliphatic heterocycles. The van der Waals surface area contributed by atoms with E-state index in [-0.39, 0.29) is 35.6 Å². The topological polar surface area (TPSA) is 98.1 Å². The molecule has 2 N–H and O–H groups in total. The first kappa shape index (κ1) is 31.7. The van der Waals surface area contributed by atoms with Crippen LogP contribution in [0.2, 0.25) is 0 Å². The van der Waals surface area contributed by atoms with Crippen LogP contribution in [0.5, 0.6) is 0 Å². The van der Waals surface area contributed by atoms with Crippen LogP contribution in [-0.2, 0) is 16.1 Å². The molecule has 0 bridgehead atoms. The van der Waals surface area contributed by atoms with Gasteiger partial charge in [0.2, 0.25) is 5.95 Å². The number of carbonyl (C=O) groups is 2. The number of benzene rings is 3. The van der Waals surface area contributed by atoms with E-state index in [4.69, 9.17) is 9.72 Å². The highest BCUT2D eigenvalue weighted by Gasteiger charge is 2.33. The average Bonchev–Trinajstić information content (AvgIpc) is 3.40. The van der Waals surface area contributed by atoms with E-state index in [9.17, 15) is 14.0 Å². The molecule has 0 unspecified atom stereocenters. The Morgan fingerprint density at radius 3 is 2.32 bits per heavy atom. The summed E-state index contributed by atoms with van der Waals surface area (Å²) in [5, 5.41) is 6.36. The molecule has 8 nitrogen and oxygen atoms in total. The standard InChI is InChI=1S/C38H38FN5O3/c1-24(2)35-34(37(46)41-28-10-6-4-7-11-28)33(31-18-20-40-38(43-31)42-29-12-8-5-9-13-29)36(26-14-16-27(39)17-15-26)44(35)21-19-30-22-25(3)23-32(45)47-30/h4-18,20,24-25,30H,19,21-23H2,1-3H3,(H,41,46)(H,40,42,43)/t25-,30-/m1/s1. The molecular weight excluding hydrogens is 593 g/mol. The van der Waals surface area contributed by atoms with E-state index in [2.05, 4.69) is 41.0 Å². The number of nitrogens with one attached hydrogen (secondary N) is 2. The number of amides is 1. The van der Waals surface area contributed by atoms with Crippen LogP contribution in [0.4, 0.5) is 21.7 Å². The summed E-state index contributed by atoms with van der Waals surface area (Å²) in [5.41, 5.74) is 5.36. The highest BCUT2D eigenvalue weighted by molar-refractivity contribution is 6.12. The normalized spacial score (nSPS) is 16.1. The second-order valence-corrected chi connectivity index (χ2v) is 12.3. The maximum atomic E-state index is 14.4. The van der Waals surface area contributed by atoms with Crippen molar-refractivity contribution in [3.8, 4) is 22.5 Å². The van der Waals surface area contributed by atoms with Gasteiger partial charge in [-0.1, -0.05) is 57.2 Å². The molecule has 1 fully saturated rings. The third kappa shape index (κ3) is 7.25. The SMILES string of the molecule is CC(C)c1c(C(=O)Nc2ccccc2)c(-c2ccnc(Nc3ccccc3)n2)c(-c2ccc(F)cc2)n1CC[C@@H]1C[C@@H](C)CC(=O)O1. The van der Waals surface area contributed by atoms with Crippen molar-refractivity contribution in [1.82, 2.24) is 14.5 Å². The molecule has 2 atom stereocenters. The number of ether oxygens (including phenoxy) is 1. The number of anilines is 3. The lowest BCUT2D eigenvalue weighted by atomic mass is 9.95. The van der Waals surface area contributed by atoms with Crippen LogP contribution in [0.15, 0.2) is 97.2 Å². The highest BCUT2D eigenvalue weighted by atomic mass is 19.1. The molecule has 3 heterocycles. The van der Waals surface area contributed by atoms with Crippen molar-refractivity contribution in [2.75, 3.05) is 10.6 Å². The monoisotopic (exact) mass is 631 g/mol. The lowest BCUT2D eigenvalue weighted by Gasteiger charge is -2.27. The Labute approximate surface area is 274 Å². The van der Waals surface area contributed by atoms with Gasteiger partial charge in [0.05, 0.1) is 17.0 Å². The lowest BCUT2D eigenvalue weighted by Crippen LogP contribution is -2.29. The molecular formula is C38H38FN5O3. The Morgan fingerprint density at radius 2 is 1.66 bits per heavy atom. The van der Waals surface area contributed by atoms with E-state index in [1.807, 2.05) is 60.7 Å². The van der Waals surface area contributed by atoms with Crippen molar-refractivity contribution in [1.29, 1.82) is 0 Å². The van der Waals surface area contributed by atoms with Crippen molar-refractivity contribution in [2.24, 2.45) is 5.92 Å². The number of carbonyl (C=O) groups excluding carboxylic acids is 2. The molecule has 1 saturated heterocycles. The zero-order chi connectivity index (χ0) is 32.9. The summed E-state index contributed by atoms with van der Waals surface area (Å²) in [4.78, 5) is 36.1. The zero-order valence-electron chi connectivity index (χ0n) is 26.7. The summed E-state index contributed by atoms with van der Waals surface area (Å²) in [6.45, 7) is 6.63. The molecule has 240 valence electrons. The number of halogens is 1. The van der Waals surface area contributed by atoms with E-state index < -0.39 is 0 Å². The van der Waals surface area contributed by atoms with Gasteiger partial charge in [0.25, 0.3) is 5.91 Å². The first-order chi connectivity index (χ1) is 22.8. The van der Waals surface area contributed by atoms with Crippen molar-refractivity contribution in [2.45, 2.75) is 58.6 Å². The van der Waals surface area contributed by atoms with Gasteiger partial charge in [-0.2, -0.15) is 0 Å². The maximum absolute atomic E-state index is 14.4. The average molecular weight is 632 g/mol. The molecule has 5 aromatic rings. The summed E-state index contributed by atoms with van der Waals surface area (Å²) in [6.07, 6.45) is 3.16. The molecule has 2 aromatic heterocycles. The van der Waals surface area contributed by atoms with Crippen molar-refractivity contribution in [3.63, 3.8) is 0 Å². The van der Waals surface area contributed by atoms with Crippen LogP contribution in [0.25, 0.3) is 22.5 Å². The van der Waals surface area contributed by atoms with Crippen LogP contribution in [-0.4, -0.2) is 32.5 Å². The Hall–Kier alpha value is -5.31. The second kappa shape index (κ2) is 14.0. The third-order valence-electron chi connectivity index (χ3n) is 8.32. The number of hydrogen-bond acceptors (Lipinski definition) is 6. The lowest BCUT2D eigenvalue weighted by molar-refractivity contribution is -0.156. The second-order valence-electron chi connectivity index (χ2n) is 12.3. The van der Waals surface area contributed by atoms with Crippen molar-refractivity contribution in [3.05, 3.63) is 114 Å². The zero-order valence-corrected chi connectivity index (χ0v) is 26.7. The summed E-state index contributed by atoms with van der Waals surface area (Å²) in [5.74, 6) is -0.324. The minimum atomic E-state index is -0.362. The van der Waals surface area contributed by atoms with Crippen LogP contribution in [0.3, 0.4) is 0 Å². The summed E-state index contributed by atoms with van der Waals surface area (Å²) < 4.78 is 22.2. The minimum absolute atomic E-state index is 0.0870. The van der Waals surface area contributed by atoms with E-state index >= 15 is 0 Å². The summed E-state index contributed by atoms with van der Waals surface area (Å²) in [7, 11) is 0. The predicted molar refractivity (Wildman–Crippen MR) is 182 cm³/mol. The van der Waals surface area contributed by atoms with Crippen LogP contribution in [0.1, 0.15) is 62.0 Å². The fourth-order valence-electron chi connectivity index (χ4n) is 6.33. The molecule has 1 aliphatic rings. The number of cyclic esters (lactones) is 1. The smallest absolute Gasteiger partial charge is 0.306 e. The first-order valence-electron chi connectivity index (χ1n) is 16.0. The predicted octanol–water partition coefficient (Wildman–Crippen LogP) is 8.60. The molecule has 6 rings (SSSR count). The molecule has 0 spiro atoms. The number of aromatic nitrogens is 3. The Kier molecular flexibility index (Phi) is 9.42. The molecule has 0 aliphatic carbocycles. The fraction of sp³-hybridized carbons (Fsp3) is 0.263. The summed E-state index contributed by atoms with van der Waals surface area (Å²) >= 11 is 0. The van der Waals surface area contributed by atoms with E-state index in [0.29, 0.717) is 47.8 Å². The third-order valence-corrected chi connectivity index (χ3v) is 8.32. The van der Waals surface area contributed by atoms with Crippen molar-refractivity contribution >= 4 is 29.2 Å². The maximum Gasteiger partial charge on any atom is 0.306 e. The fourth-order valence-corrected chi connectivity index (χ4v) is 6.33. The van der Waals surface area contributed by atoms with E-state index in [0.717, 1.165) is 29.1 Å². The highest BCUT2D eigenvalue weighted by Crippen LogP contribution is 2.42. The molecule has 0 radical (unpaired) electrons. The quantitative estimate of drug-likeness (QED) is 0.150. The van der Waals surface area contributed by atoms with Crippen LogP contribution in [0, 0.1) is 11.7 Å². The molecule has 9 heteroatoms. The van der Waals surface area contributed by atoms with E-state index in [1.165, 1.54) is 12.1 Å². The van der Waals surface area contributed by atoms with Gasteiger partial charge in [-0.3, -0.25) is 9.59 Å². The number of para-hydroxylation sites is 2. The molecule has 47 heavy (non-hydrogen) atoms. The number of nitrogens with zero attached hydrogens (tertiary/aromatic N) is 3. The van der Waals surface area contributed by atoms with Gasteiger partial charge in [-0.15, -0.1) is 0 Å². The first-order valence-corrected chi connectivity index (χ1v) is 16.0. The van der Waals surface area contributed by atoms with Crippen LogP contribution >= 0.6 is 0 Å². The Bertz CT molecular complexity index is 1860. The number of hydrogen-bond donors (Lipinski definition) is 2. The van der Waals surface area contributed by atoms with Gasteiger partial charge < -0.3 is 19.9 Å².